The number of carboxylic acids is 1. The normalized spacial score (nSPS) is 12.8. The molecule has 1 heterocycles. The summed E-state index contributed by atoms with van der Waals surface area (Å²) in [4.78, 5) is 21.5. The Balaban J connectivity index is 2.85. The molecule has 13 heavy (non-hydrogen) atoms. The van der Waals surface area contributed by atoms with Crippen LogP contribution in [0, 0.1) is 6.92 Å². The van der Waals surface area contributed by atoms with E-state index in [-0.39, 0.29) is 12.0 Å². The van der Waals surface area contributed by atoms with Crippen LogP contribution in [0.3, 0.4) is 0 Å². The van der Waals surface area contributed by atoms with Crippen molar-refractivity contribution in [3.63, 3.8) is 0 Å². The summed E-state index contributed by atoms with van der Waals surface area (Å²) >= 11 is 2.01. The second-order valence-corrected chi connectivity index (χ2v) is 3.93. The van der Waals surface area contributed by atoms with Crippen LogP contribution >= 0.6 is 0 Å². The van der Waals surface area contributed by atoms with Gasteiger partial charge in [0.1, 0.15) is 0 Å². The summed E-state index contributed by atoms with van der Waals surface area (Å²) in [6, 6.07) is 0. The van der Waals surface area contributed by atoms with Gasteiger partial charge in [0.25, 0.3) is 0 Å². The molecule has 0 aliphatic carbocycles. The average molecular weight is 245 g/mol. The topological polar surface area (TPSA) is 83.3 Å². The molecule has 5 nitrogen and oxygen atoms in total. The van der Waals surface area contributed by atoms with Gasteiger partial charge in [-0.05, 0) is 0 Å². The first-order valence-electron chi connectivity index (χ1n) is 3.60. The van der Waals surface area contributed by atoms with Gasteiger partial charge in [-0.2, -0.15) is 0 Å². The van der Waals surface area contributed by atoms with Crippen molar-refractivity contribution in [1.82, 2.24) is 5.16 Å². The molecule has 0 aliphatic rings. The molecule has 1 rings (SSSR count). The van der Waals surface area contributed by atoms with E-state index < -0.39 is 10.7 Å². The molecule has 0 aromatic carbocycles. The first-order valence-corrected chi connectivity index (χ1v) is 4.68. The van der Waals surface area contributed by atoms with Crippen LogP contribution in [0.15, 0.2) is 9.32 Å². The zero-order chi connectivity index (χ0) is 10.0. The van der Waals surface area contributed by atoms with Gasteiger partial charge in [0.2, 0.25) is 0 Å². The van der Waals surface area contributed by atoms with E-state index in [0.717, 1.165) is 0 Å². The van der Waals surface area contributed by atoms with Crippen LogP contribution in [-0.2, 0) is 11.2 Å². The molecule has 1 atom stereocenters. The number of hydrogen-bond acceptors (Lipinski definition) is 3. The number of aliphatic carboxylic acids is 1. The molecule has 0 spiro atoms. The quantitative estimate of drug-likeness (QED) is 0.726. The third-order valence-electron chi connectivity index (χ3n) is 1.68. The number of carbonyl (C=O) groups is 1. The van der Waals surface area contributed by atoms with Crippen LogP contribution in [0.5, 0.6) is 0 Å². The Morgan fingerprint density at radius 3 is 2.77 bits per heavy atom. The first kappa shape index (κ1) is 10.1. The fraction of sp³-hybridized carbons (Fsp3) is 0.429. The van der Waals surface area contributed by atoms with Crippen LogP contribution in [0.25, 0.3) is 0 Å². The van der Waals surface area contributed by atoms with Crippen molar-refractivity contribution in [2.45, 2.75) is 18.1 Å². The molecule has 2 radical (unpaired) electrons. The monoisotopic (exact) mass is 245 g/mol. The minimum absolute atomic E-state index is 0.174. The molecule has 0 aliphatic heterocycles. The number of carboxylic acid groups (broad SMARTS) is 1. The number of H-pyrrole nitrogens is 1. The van der Waals surface area contributed by atoms with E-state index in [1.807, 2.05) is 16.9 Å². The van der Waals surface area contributed by atoms with Gasteiger partial charge in [0, 0.05) is 0 Å². The molecule has 0 amide bonds. The molecule has 1 aromatic rings. The van der Waals surface area contributed by atoms with Crippen molar-refractivity contribution in [3.05, 3.63) is 21.7 Å². The summed E-state index contributed by atoms with van der Waals surface area (Å²) < 4.78 is 4.10. The third kappa shape index (κ3) is 2.25. The number of nitrogens with one attached hydrogen (secondary N) is 1. The fourth-order valence-electron chi connectivity index (χ4n) is 0.923. The van der Waals surface area contributed by atoms with Crippen LogP contribution in [0.1, 0.15) is 11.3 Å². The van der Waals surface area contributed by atoms with Crippen molar-refractivity contribution >= 4 is 22.8 Å². The summed E-state index contributed by atoms with van der Waals surface area (Å²) in [5.41, 5.74) is 0.0443. The van der Waals surface area contributed by atoms with Crippen molar-refractivity contribution in [3.8, 4) is 0 Å². The Morgan fingerprint density at radius 1 is 1.77 bits per heavy atom. The molecule has 6 heteroatoms. The van der Waals surface area contributed by atoms with Crippen LogP contribution in [0.2, 0.25) is 4.71 Å². The number of rotatable bonds is 3. The van der Waals surface area contributed by atoms with Crippen molar-refractivity contribution < 1.29 is 14.4 Å². The molecule has 0 saturated heterocycles. The van der Waals surface area contributed by atoms with Crippen LogP contribution in [-0.4, -0.2) is 33.1 Å². The molecular formula is C7H8AsNO4. The van der Waals surface area contributed by atoms with Gasteiger partial charge in [-0.15, -0.1) is 0 Å². The molecule has 0 fully saturated rings. The second-order valence-electron chi connectivity index (χ2n) is 2.63. The van der Waals surface area contributed by atoms with Crippen molar-refractivity contribution in [1.29, 1.82) is 0 Å². The summed E-state index contributed by atoms with van der Waals surface area (Å²) in [5, 5.41) is 10.8. The summed E-state index contributed by atoms with van der Waals surface area (Å²) in [6.45, 7) is 1.62. The van der Waals surface area contributed by atoms with Gasteiger partial charge < -0.3 is 0 Å². The summed E-state index contributed by atoms with van der Waals surface area (Å²) in [7, 11) is 0. The Morgan fingerprint density at radius 2 is 2.38 bits per heavy atom. The standard InChI is InChI=1S/C7H8AsNO4/c1-3-4(6(10)9-13-3)2-5(8)7(11)12/h5H,2H2,1H3,(H,9,10)(H,11,12). The van der Waals surface area contributed by atoms with Gasteiger partial charge in [0.15, 0.2) is 0 Å². The maximum absolute atomic E-state index is 11.0. The molecule has 0 saturated carbocycles. The number of aryl methyl sites for hydroxylation is 1. The third-order valence-corrected chi connectivity index (χ3v) is 2.52. The number of aromatic nitrogens is 1. The number of aromatic amines is 1. The number of hydrogen-bond donors (Lipinski definition) is 2. The first-order chi connectivity index (χ1) is 6.02. The summed E-state index contributed by atoms with van der Waals surface area (Å²) in [6.07, 6.45) is 0.174. The zero-order valence-electron chi connectivity index (χ0n) is 6.90. The predicted molar refractivity (Wildman–Crippen MR) is 44.9 cm³/mol. The maximum atomic E-state index is 11.0. The molecular weight excluding hydrogens is 237 g/mol. The molecule has 2 N–H and O–H groups in total. The Hall–Kier alpha value is -0.962. The second kappa shape index (κ2) is 3.83. The van der Waals surface area contributed by atoms with Crippen molar-refractivity contribution in [2.75, 3.05) is 0 Å². The van der Waals surface area contributed by atoms with Gasteiger partial charge in [-0.3, -0.25) is 0 Å². The van der Waals surface area contributed by atoms with E-state index in [4.69, 9.17) is 9.63 Å². The van der Waals surface area contributed by atoms with E-state index in [1.54, 1.807) is 6.92 Å². The van der Waals surface area contributed by atoms with E-state index >= 15 is 0 Å². The Labute approximate surface area is 82.6 Å². The SMILES string of the molecule is Cc1o[nH]c(=O)c1CC([As])C(=O)O. The Bertz CT molecular complexity index is 367. The predicted octanol–water partition coefficient (Wildman–Crippen LogP) is -0.140. The summed E-state index contributed by atoms with van der Waals surface area (Å²) in [5.74, 6) is -0.498. The van der Waals surface area contributed by atoms with E-state index in [1.165, 1.54) is 0 Å². The Kier molecular flexibility index (Phi) is 2.98. The van der Waals surface area contributed by atoms with E-state index in [2.05, 4.69) is 5.16 Å². The van der Waals surface area contributed by atoms with Crippen LogP contribution in [0.4, 0.5) is 0 Å². The van der Waals surface area contributed by atoms with Gasteiger partial charge in [0.05, 0.1) is 0 Å². The van der Waals surface area contributed by atoms with Crippen molar-refractivity contribution in [2.24, 2.45) is 0 Å². The van der Waals surface area contributed by atoms with Gasteiger partial charge >= 0.3 is 82.1 Å². The van der Waals surface area contributed by atoms with E-state index in [9.17, 15) is 9.59 Å². The van der Waals surface area contributed by atoms with Gasteiger partial charge in [-0.1, -0.05) is 0 Å². The zero-order valence-corrected chi connectivity index (χ0v) is 8.78. The molecule has 1 unspecified atom stereocenters. The molecule has 1 aromatic heterocycles. The van der Waals surface area contributed by atoms with Gasteiger partial charge in [-0.25, -0.2) is 0 Å². The molecule has 70 valence electrons. The average Bonchev–Trinajstić information content (AvgIpc) is 2.35. The molecule has 0 bridgehead atoms. The fourth-order valence-corrected chi connectivity index (χ4v) is 1.31. The van der Waals surface area contributed by atoms with Crippen LogP contribution < -0.4 is 5.56 Å². The van der Waals surface area contributed by atoms with E-state index in [0.29, 0.717) is 11.3 Å². The minimum atomic E-state index is -0.944.